The van der Waals surface area contributed by atoms with Crippen molar-refractivity contribution >= 4 is 6.03 Å². The molecule has 0 aromatic carbocycles. The number of aliphatic hydroxyl groups excluding tert-OH is 1. The van der Waals surface area contributed by atoms with Crippen molar-refractivity contribution in [1.29, 1.82) is 0 Å². The smallest absolute Gasteiger partial charge is 0.317 e. The summed E-state index contributed by atoms with van der Waals surface area (Å²) in [6.07, 6.45) is 5.14. The predicted molar refractivity (Wildman–Crippen MR) is 75.1 cm³/mol. The Balaban J connectivity index is 1.78. The highest BCUT2D eigenvalue weighted by Crippen LogP contribution is 2.27. The van der Waals surface area contributed by atoms with Crippen molar-refractivity contribution < 1.29 is 9.90 Å². The molecule has 19 heavy (non-hydrogen) atoms. The summed E-state index contributed by atoms with van der Waals surface area (Å²) in [5.41, 5.74) is 0. The van der Waals surface area contributed by atoms with Crippen LogP contribution in [0.2, 0.25) is 0 Å². The zero-order valence-electron chi connectivity index (χ0n) is 12.1. The van der Waals surface area contributed by atoms with Crippen molar-refractivity contribution in [2.24, 2.45) is 0 Å². The van der Waals surface area contributed by atoms with Gasteiger partial charge in [-0.25, -0.2) is 4.79 Å². The molecule has 0 radical (unpaired) electrons. The molecule has 0 aromatic heterocycles. The number of hydrogen-bond donors (Lipinski definition) is 2. The lowest BCUT2D eigenvalue weighted by molar-refractivity contribution is 0.156. The third-order valence-corrected chi connectivity index (χ3v) is 4.39. The van der Waals surface area contributed by atoms with Crippen LogP contribution in [0.3, 0.4) is 0 Å². The second kappa shape index (κ2) is 6.57. The van der Waals surface area contributed by atoms with E-state index in [1.807, 2.05) is 0 Å². The van der Waals surface area contributed by atoms with E-state index < -0.39 is 0 Å². The third kappa shape index (κ3) is 3.83. The zero-order chi connectivity index (χ0) is 13.8. The highest BCUT2D eigenvalue weighted by molar-refractivity contribution is 5.74. The van der Waals surface area contributed by atoms with Crippen molar-refractivity contribution in [1.82, 2.24) is 15.1 Å². The zero-order valence-corrected chi connectivity index (χ0v) is 12.1. The number of nitrogens with one attached hydrogen (secondary N) is 1. The molecule has 2 N–H and O–H groups in total. The molecule has 2 aliphatic rings. The number of rotatable bonds is 4. The van der Waals surface area contributed by atoms with Crippen molar-refractivity contribution in [3.05, 3.63) is 0 Å². The van der Waals surface area contributed by atoms with Gasteiger partial charge in [-0.05, 0) is 39.2 Å². The molecule has 110 valence electrons. The molecule has 0 aromatic rings. The van der Waals surface area contributed by atoms with E-state index >= 15 is 0 Å². The summed E-state index contributed by atoms with van der Waals surface area (Å²) in [7, 11) is 1.80. The van der Waals surface area contributed by atoms with Gasteiger partial charge >= 0.3 is 6.03 Å². The molecule has 2 aliphatic heterocycles. The van der Waals surface area contributed by atoms with E-state index in [-0.39, 0.29) is 12.1 Å². The molecule has 2 fully saturated rings. The fraction of sp³-hybridized carbons (Fsp3) is 0.929. The Labute approximate surface area is 115 Å². The lowest BCUT2D eigenvalue weighted by Gasteiger charge is -2.33. The first-order valence-corrected chi connectivity index (χ1v) is 7.51. The van der Waals surface area contributed by atoms with Crippen LogP contribution < -0.4 is 5.32 Å². The first kappa shape index (κ1) is 14.6. The number of carbonyl (C=O) groups excluding carboxylic acids is 1. The highest BCUT2D eigenvalue weighted by atomic mass is 16.3. The first-order chi connectivity index (χ1) is 9.08. The minimum Gasteiger partial charge on any atom is -0.393 e. The van der Waals surface area contributed by atoms with Gasteiger partial charge in [-0.1, -0.05) is 6.42 Å². The lowest BCUT2D eigenvalue weighted by Crippen LogP contribution is -2.50. The highest BCUT2D eigenvalue weighted by Gasteiger charge is 2.36. The molecule has 2 amide bonds. The molecular weight excluding hydrogens is 242 g/mol. The van der Waals surface area contributed by atoms with Crippen LogP contribution in [0.5, 0.6) is 0 Å². The van der Waals surface area contributed by atoms with Crippen LogP contribution in [0.1, 0.15) is 39.0 Å². The number of fused-ring (bicyclic) bond motifs is 1. The molecular formula is C14H27N3O2. The van der Waals surface area contributed by atoms with Crippen LogP contribution in [0.15, 0.2) is 0 Å². The van der Waals surface area contributed by atoms with Gasteiger partial charge in [-0.3, -0.25) is 4.90 Å². The standard InChI is InChI=1S/C14H27N3O2/c1-11(18)6-9-16(2)14(19)15-12-7-10-17-8-4-3-5-13(12)17/h11-13,18H,3-10H2,1-2H3,(H,15,19). The minimum absolute atomic E-state index is 0.00178. The topological polar surface area (TPSA) is 55.8 Å². The van der Waals surface area contributed by atoms with Gasteiger partial charge in [-0.2, -0.15) is 0 Å². The van der Waals surface area contributed by atoms with Gasteiger partial charge in [0, 0.05) is 32.2 Å². The van der Waals surface area contributed by atoms with E-state index in [4.69, 9.17) is 0 Å². The van der Waals surface area contributed by atoms with E-state index in [2.05, 4.69) is 10.2 Å². The van der Waals surface area contributed by atoms with E-state index in [1.165, 1.54) is 25.8 Å². The summed E-state index contributed by atoms with van der Waals surface area (Å²) in [4.78, 5) is 16.3. The number of aliphatic hydroxyl groups is 1. The van der Waals surface area contributed by atoms with Crippen LogP contribution in [0, 0.1) is 0 Å². The van der Waals surface area contributed by atoms with Crippen molar-refractivity contribution in [3.8, 4) is 0 Å². The van der Waals surface area contributed by atoms with Crippen LogP contribution in [0.25, 0.3) is 0 Å². The molecule has 0 aliphatic carbocycles. The Bertz CT molecular complexity index is 309. The number of amides is 2. The van der Waals surface area contributed by atoms with Crippen LogP contribution in [0.4, 0.5) is 4.79 Å². The SMILES string of the molecule is CC(O)CCN(C)C(=O)NC1CCN2CCCCC12. The van der Waals surface area contributed by atoms with Gasteiger partial charge in [-0.15, -0.1) is 0 Å². The molecule has 3 atom stereocenters. The molecule has 5 nitrogen and oxygen atoms in total. The Hall–Kier alpha value is -0.810. The number of urea groups is 1. The number of carbonyl (C=O) groups is 1. The maximum absolute atomic E-state index is 12.1. The molecule has 2 heterocycles. The molecule has 2 saturated heterocycles. The van der Waals surface area contributed by atoms with Gasteiger partial charge in [0.2, 0.25) is 0 Å². The molecule has 0 bridgehead atoms. The normalized spacial score (nSPS) is 28.8. The molecule has 3 unspecified atom stereocenters. The quantitative estimate of drug-likeness (QED) is 0.801. The van der Waals surface area contributed by atoms with Crippen molar-refractivity contribution in [2.45, 2.75) is 57.2 Å². The average molecular weight is 269 g/mol. The van der Waals surface area contributed by atoms with Crippen LogP contribution >= 0.6 is 0 Å². The van der Waals surface area contributed by atoms with Crippen LogP contribution in [-0.4, -0.2) is 65.8 Å². The van der Waals surface area contributed by atoms with Gasteiger partial charge in [0.05, 0.1) is 6.10 Å². The summed E-state index contributed by atoms with van der Waals surface area (Å²) >= 11 is 0. The lowest BCUT2D eigenvalue weighted by atomic mass is 9.99. The van der Waals surface area contributed by atoms with E-state index in [9.17, 15) is 9.90 Å². The first-order valence-electron chi connectivity index (χ1n) is 7.51. The second-order valence-electron chi connectivity index (χ2n) is 6.00. The Morgan fingerprint density at radius 3 is 2.95 bits per heavy atom. The maximum Gasteiger partial charge on any atom is 0.317 e. The largest absolute Gasteiger partial charge is 0.393 e. The third-order valence-electron chi connectivity index (χ3n) is 4.39. The van der Waals surface area contributed by atoms with Crippen molar-refractivity contribution in [2.75, 3.05) is 26.7 Å². The van der Waals surface area contributed by atoms with Gasteiger partial charge in [0.15, 0.2) is 0 Å². The Morgan fingerprint density at radius 1 is 1.42 bits per heavy atom. The second-order valence-corrected chi connectivity index (χ2v) is 6.00. The van der Waals surface area contributed by atoms with Gasteiger partial charge in [0.1, 0.15) is 0 Å². The van der Waals surface area contributed by atoms with E-state index in [1.54, 1.807) is 18.9 Å². The molecule has 0 spiro atoms. The molecule has 0 saturated carbocycles. The average Bonchev–Trinajstić information content (AvgIpc) is 2.79. The number of hydrogen-bond acceptors (Lipinski definition) is 3. The van der Waals surface area contributed by atoms with Gasteiger partial charge < -0.3 is 15.3 Å². The van der Waals surface area contributed by atoms with Gasteiger partial charge in [0.25, 0.3) is 0 Å². The van der Waals surface area contributed by atoms with E-state index in [0.29, 0.717) is 25.0 Å². The summed E-state index contributed by atoms with van der Waals surface area (Å²) in [6, 6.07) is 0.850. The molecule has 2 rings (SSSR count). The van der Waals surface area contributed by atoms with Crippen molar-refractivity contribution in [3.63, 3.8) is 0 Å². The maximum atomic E-state index is 12.1. The minimum atomic E-state index is -0.351. The summed E-state index contributed by atoms with van der Waals surface area (Å²) in [6.45, 7) is 4.66. The molecule has 5 heteroatoms. The predicted octanol–water partition coefficient (Wildman–Crippen LogP) is 1.03. The fourth-order valence-electron chi connectivity index (χ4n) is 3.17. The Kier molecular flexibility index (Phi) is 5.05. The van der Waals surface area contributed by atoms with E-state index in [0.717, 1.165) is 13.0 Å². The summed E-state index contributed by atoms with van der Waals surface area (Å²) < 4.78 is 0. The summed E-state index contributed by atoms with van der Waals surface area (Å²) in [5.74, 6) is 0. The Morgan fingerprint density at radius 2 is 2.21 bits per heavy atom. The summed E-state index contributed by atoms with van der Waals surface area (Å²) in [5, 5.41) is 12.4. The monoisotopic (exact) mass is 269 g/mol. The number of piperidine rings is 1. The number of nitrogens with zero attached hydrogens (tertiary/aromatic N) is 2. The van der Waals surface area contributed by atoms with Crippen LogP contribution in [-0.2, 0) is 0 Å². The fourth-order valence-corrected chi connectivity index (χ4v) is 3.17.